The van der Waals surface area contributed by atoms with Crippen LogP contribution in [-0.4, -0.2) is 0 Å². The van der Waals surface area contributed by atoms with E-state index in [0.717, 1.165) is 24.3 Å². The number of rotatable bonds is 4. The number of ether oxygens (including phenoxy) is 2. The third kappa shape index (κ3) is 5.79. The van der Waals surface area contributed by atoms with Crippen LogP contribution in [0.15, 0.2) is 72.8 Å². The van der Waals surface area contributed by atoms with Crippen LogP contribution < -0.4 is 19.9 Å². The van der Waals surface area contributed by atoms with Crippen molar-refractivity contribution in [2.75, 3.05) is 0 Å². The number of halogens is 6. The summed E-state index contributed by atoms with van der Waals surface area (Å²) in [6.07, 6.45) is -9.41. The molecule has 0 fully saturated rings. The van der Waals surface area contributed by atoms with E-state index in [4.69, 9.17) is 22.6 Å². The maximum Gasteiger partial charge on any atom is 0.416 e. The highest BCUT2D eigenvalue weighted by molar-refractivity contribution is 5.96. The molecular formula is C30H12F6N4O2. The van der Waals surface area contributed by atoms with E-state index in [9.17, 15) is 36.9 Å². The van der Waals surface area contributed by atoms with E-state index in [0.29, 0.717) is 12.1 Å². The Labute approximate surface area is 233 Å². The first-order chi connectivity index (χ1) is 19.9. The second-order valence-electron chi connectivity index (χ2n) is 8.38. The third-order valence-electron chi connectivity index (χ3n) is 5.81. The lowest BCUT2D eigenvalue weighted by Crippen LogP contribution is -2.13. The van der Waals surface area contributed by atoms with E-state index >= 15 is 0 Å². The van der Waals surface area contributed by atoms with Crippen molar-refractivity contribution in [3.05, 3.63) is 117 Å². The molecule has 0 aliphatic heterocycles. The molecule has 0 unspecified atom stereocenters. The zero-order valence-electron chi connectivity index (χ0n) is 20.8. The molecule has 0 saturated carbocycles. The van der Waals surface area contributed by atoms with Crippen LogP contribution in [0, 0.1) is 35.8 Å². The first-order valence-electron chi connectivity index (χ1n) is 11.5. The highest BCUT2D eigenvalue weighted by atomic mass is 19.4. The average molecular weight is 574 g/mol. The molecule has 6 nitrogen and oxygen atoms in total. The van der Waals surface area contributed by atoms with Gasteiger partial charge in [0, 0.05) is 21.2 Å². The predicted molar refractivity (Wildman–Crippen MR) is 137 cm³/mol. The molecular weight excluding hydrogens is 562 g/mol. The van der Waals surface area contributed by atoms with E-state index in [-0.39, 0.29) is 44.2 Å². The lowest BCUT2D eigenvalue weighted by Gasteiger charge is -2.16. The van der Waals surface area contributed by atoms with Crippen molar-refractivity contribution in [2.24, 2.45) is 0 Å². The van der Waals surface area contributed by atoms with Gasteiger partial charge in [0.25, 0.3) is 11.4 Å². The third-order valence-corrected chi connectivity index (χ3v) is 5.81. The topological polar surface area (TPSA) is 74.8 Å². The minimum Gasteiger partial charge on any atom is -0.457 e. The van der Waals surface area contributed by atoms with Gasteiger partial charge in [-0.05, 0) is 36.4 Å². The van der Waals surface area contributed by atoms with Crippen LogP contribution in [0.25, 0.3) is 31.9 Å². The molecule has 0 amide bonds. The van der Waals surface area contributed by atoms with Crippen molar-refractivity contribution in [3.8, 4) is 35.1 Å². The average Bonchev–Trinajstić information content (AvgIpc) is 2.95. The van der Waals surface area contributed by atoms with Crippen molar-refractivity contribution < 1.29 is 35.8 Å². The Morgan fingerprint density at radius 2 is 1.00 bits per heavy atom. The number of benzene rings is 4. The molecule has 0 saturated heterocycles. The van der Waals surface area contributed by atoms with Crippen molar-refractivity contribution >= 4 is 22.2 Å². The molecule has 0 heterocycles. The molecule has 0 spiro atoms. The Hall–Kier alpha value is -5.98. The van der Waals surface area contributed by atoms with E-state index < -0.39 is 34.9 Å². The molecule has 0 aromatic heterocycles. The lowest BCUT2D eigenvalue weighted by atomic mass is 10.0. The van der Waals surface area contributed by atoms with Crippen molar-refractivity contribution in [2.45, 2.75) is 12.4 Å². The molecule has 206 valence electrons. The van der Waals surface area contributed by atoms with Crippen LogP contribution >= 0.6 is 0 Å². The molecule has 0 aliphatic carbocycles. The first-order valence-corrected chi connectivity index (χ1v) is 11.5. The maximum absolute atomic E-state index is 13.3. The molecule has 0 aliphatic rings. The smallest absolute Gasteiger partial charge is 0.416 e. The van der Waals surface area contributed by atoms with Gasteiger partial charge >= 0.3 is 12.4 Å². The monoisotopic (exact) mass is 574 g/mol. The minimum atomic E-state index is -4.70. The number of nitrogens with zero attached hydrogens (tertiary/aromatic N) is 4. The van der Waals surface area contributed by atoms with Gasteiger partial charge in [-0.1, -0.05) is 36.4 Å². The SMILES string of the molecule is [C-]#[N+]C(C#N)=c1ccc2c(Oc3cccc(C(F)(F)F)c3)c(=C(C#N)[N+]#[C-])ccc2c1Oc1cccc(C(F)(F)F)c1. The van der Waals surface area contributed by atoms with Gasteiger partial charge in [-0.2, -0.15) is 26.3 Å². The van der Waals surface area contributed by atoms with Gasteiger partial charge in [0.1, 0.15) is 23.0 Å². The Kier molecular flexibility index (Phi) is 7.77. The summed E-state index contributed by atoms with van der Waals surface area (Å²) in [5.41, 5.74) is -2.99. The first kappa shape index (κ1) is 29.0. The fourth-order valence-corrected chi connectivity index (χ4v) is 3.94. The Morgan fingerprint density at radius 3 is 1.31 bits per heavy atom. The van der Waals surface area contributed by atoms with E-state index in [2.05, 4.69) is 9.69 Å². The highest BCUT2D eigenvalue weighted by Crippen LogP contribution is 2.37. The van der Waals surface area contributed by atoms with Crippen LogP contribution in [0.2, 0.25) is 0 Å². The van der Waals surface area contributed by atoms with Gasteiger partial charge in [-0.15, -0.1) is 0 Å². The Balaban J connectivity index is 2.08. The minimum absolute atomic E-state index is 0.0642. The Morgan fingerprint density at radius 1 is 0.619 bits per heavy atom. The largest absolute Gasteiger partial charge is 0.457 e. The molecule has 0 atom stereocenters. The van der Waals surface area contributed by atoms with Gasteiger partial charge in [0.05, 0.1) is 36.4 Å². The fraction of sp³-hybridized carbons (Fsp3) is 0.0667. The van der Waals surface area contributed by atoms with Crippen LogP contribution in [0.1, 0.15) is 11.1 Å². The molecule has 0 radical (unpaired) electrons. The summed E-state index contributed by atoms with van der Waals surface area (Å²) < 4.78 is 91.7. The molecule has 42 heavy (non-hydrogen) atoms. The number of hydrogen-bond acceptors (Lipinski definition) is 4. The molecule has 0 N–H and O–H groups in total. The van der Waals surface area contributed by atoms with Crippen LogP contribution in [-0.2, 0) is 12.4 Å². The van der Waals surface area contributed by atoms with Crippen LogP contribution in [0.3, 0.4) is 0 Å². The summed E-state index contributed by atoms with van der Waals surface area (Å²) in [5.74, 6) is -1.06. The lowest BCUT2D eigenvalue weighted by molar-refractivity contribution is -0.138. The van der Waals surface area contributed by atoms with Gasteiger partial charge < -0.3 is 9.47 Å². The summed E-state index contributed by atoms with van der Waals surface area (Å²) in [4.78, 5) is 6.32. The Bertz CT molecular complexity index is 1840. The number of alkyl halides is 6. The molecule has 4 aromatic rings. The number of nitriles is 2. The zero-order valence-corrected chi connectivity index (χ0v) is 20.8. The summed E-state index contributed by atoms with van der Waals surface area (Å²) >= 11 is 0. The quantitative estimate of drug-likeness (QED) is 0.186. The van der Waals surface area contributed by atoms with Crippen molar-refractivity contribution in [1.29, 1.82) is 10.5 Å². The van der Waals surface area contributed by atoms with Gasteiger partial charge in [0.2, 0.25) is 0 Å². The summed E-state index contributed by atoms with van der Waals surface area (Å²) in [6, 6.07) is 16.2. The second kappa shape index (κ2) is 11.3. The highest BCUT2D eigenvalue weighted by Gasteiger charge is 2.31. The van der Waals surface area contributed by atoms with Crippen LogP contribution in [0.4, 0.5) is 26.3 Å². The second-order valence-corrected chi connectivity index (χ2v) is 8.38. The number of hydrogen-bond donors (Lipinski definition) is 0. The van der Waals surface area contributed by atoms with Gasteiger partial charge in [-0.3, -0.25) is 0 Å². The normalized spacial score (nSPS) is 12.7. The van der Waals surface area contributed by atoms with E-state index in [1.165, 1.54) is 36.4 Å². The number of fused-ring (bicyclic) bond motifs is 1. The molecule has 12 heteroatoms. The van der Waals surface area contributed by atoms with Crippen LogP contribution in [0.5, 0.6) is 23.0 Å². The van der Waals surface area contributed by atoms with Crippen molar-refractivity contribution in [3.63, 3.8) is 0 Å². The summed E-state index contributed by atoms with van der Waals surface area (Å²) in [6.45, 7) is 14.7. The standard InChI is InChI=1S/C30H12F6N4O2/c1-39-25(15-37)23-11-9-22-21(27(23)41-19-7-3-5-17(13-19)29(31,32)33)10-12-24(26(16-38)40-2)28(22)42-20-8-4-6-18(14-20)30(34,35)36/h3-14H. The maximum atomic E-state index is 13.3. The van der Waals surface area contributed by atoms with E-state index in [1.54, 1.807) is 12.1 Å². The summed E-state index contributed by atoms with van der Waals surface area (Å²) in [7, 11) is 0. The zero-order chi connectivity index (χ0) is 30.7. The predicted octanol–water partition coefficient (Wildman–Crippen LogP) is 7.56. The van der Waals surface area contributed by atoms with Gasteiger partial charge in [0.15, 0.2) is 0 Å². The van der Waals surface area contributed by atoms with E-state index in [1.807, 2.05) is 0 Å². The summed E-state index contributed by atoms with van der Waals surface area (Å²) in [5, 5.41) is 19.0. The molecule has 4 rings (SSSR count). The molecule has 4 aromatic carbocycles. The van der Waals surface area contributed by atoms with Gasteiger partial charge in [-0.25, -0.2) is 20.2 Å². The fourth-order valence-electron chi connectivity index (χ4n) is 3.94. The van der Waals surface area contributed by atoms with Crippen molar-refractivity contribution in [1.82, 2.24) is 0 Å². The molecule has 0 bridgehead atoms.